The quantitative estimate of drug-likeness (QED) is 0.626. The van der Waals surface area contributed by atoms with Crippen molar-refractivity contribution in [2.75, 3.05) is 7.11 Å². The summed E-state index contributed by atoms with van der Waals surface area (Å²) < 4.78 is 4.73. The molecule has 1 aromatic rings. The van der Waals surface area contributed by atoms with Crippen LogP contribution < -0.4 is 0 Å². The number of fused-ring (bicyclic) bond motifs is 1. The predicted molar refractivity (Wildman–Crippen MR) is 64.0 cm³/mol. The van der Waals surface area contributed by atoms with E-state index in [9.17, 15) is 9.59 Å². The highest BCUT2D eigenvalue weighted by molar-refractivity contribution is 6.30. The largest absolute Gasteiger partial charge is 0.467 e. The lowest BCUT2D eigenvalue weighted by Crippen LogP contribution is -2.51. The maximum atomic E-state index is 12.0. The third-order valence-corrected chi connectivity index (χ3v) is 3.18. The number of methoxy groups -OCH3 is 1. The first-order chi connectivity index (χ1) is 8.54. The van der Waals surface area contributed by atoms with Gasteiger partial charge in [0.15, 0.2) is 0 Å². The van der Waals surface area contributed by atoms with Crippen molar-refractivity contribution >= 4 is 23.5 Å². The zero-order valence-corrected chi connectivity index (χ0v) is 10.9. The number of nitrogens with one attached hydrogen (secondary N) is 1. The van der Waals surface area contributed by atoms with Crippen molar-refractivity contribution in [1.82, 2.24) is 14.9 Å². The highest BCUT2D eigenvalue weighted by Gasteiger charge is 2.37. The average molecular weight is 272 g/mol. The first-order valence-electron chi connectivity index (χ1n) is 5.58. The summed E-state index contributed by atoms with van der Waals surface area (Å²) >= 11 is 5.81. The summed E-state index contributed by atoms with van der Waals surface area (Å²) in [7, 11) is 1.30. The van der Waals surface area contributed by atoms with Crippen LogP contribution in [0.15, 0.2) is 6.33 Å². The van der Waals surface area contributed by atoms with Crippen molar-refractivity contribution in [2.45, 2.75) is 31.3 Å². The molecule has 7 heteroatoms. The Bertz CT molecular complexity index is 472. The summed E-state index contributed by atoms with van der Waals surface area (Å²) in [6.45, 7) is 1.88. The van der Waals surface area contributed by atoms with Crippen LogP contribution in [0.25, 0.3) is 0 Å². The molecule has 1 N–H and O–H groups in total. The number of carbonyl (C=O) groups excluding carboxylic acids is 2. The first kappa shape index (κ1) is 12.9. The molecule has 0 saturated heterocycles. The molecule has 0 bridgehead atoms. The van der Waals surface area contributed by atoms with Crippen molar-refractivity contribution in [3.63, 3.8) is 0 Å². The number of imidazole rings is 1. The van der Waals surface area contributed by atoms with Crippen LogP contribution in [0.2, 0.25) is 0 Å². The maximum absolute atomic E-state index is 12.0. The number of alkyl halides is 1. The minimum absolute atomic E-state index is 0.285. The maximum Gasteiger partial charge on any atom is 0.329 e. The van der Waals surface area contributed by atoms with Crippen LogP contribution in [-0.2, 0) is 27.3 Å². The Morgan fingerprint density at radius 2 is 2.39 bits per heavy atom. The van der Waals surface area contributed by atoms with Crippen LogP contribution in [0.5, 0.6) is 0 Å². The average Bonchev–Trinajstić information content (AvgIpc) is 2.82. The van der Waals surface area contributed by atoms with Crippen LogP contribution in [0.3, 0.4) is 0 Å². The van der Waals surface area contributed by atoms with Gasteiger partial charge in [-0.25, -0.2) is 9.78 Å². The van der Waals surface area contributed by atoms with Gasteiger partial charge in [-0.3, -0.25) is 4.79 Å². The lowest BCUT2D eigenvalue weighted by Gasteiger charge is -2.33. The third-order valence-electron chi connectivity index (χ3n) is 3.00. The molecular formula is C11H14ClN3O3. The molecule has 1 aliphatic heterocycles. The van der Waals surface area contributed by atoms with E-state index in [2.05, 4.69) is 9.97 Å². The zero-order valence-electron chi connectivity index (χ0n) is 10.1. The molecule has 2 heterocycles. The second-order valence-corrected chi connectivity index (χ2v) is 4.81. The molecule has 2 rings (SSSR count). The second kappa shape index (κ2) is 4.97. The van der Waals surface area contributed by atoms with Crippen molar-refractivity contribution in [2.24, 2.45) is 0 Å². The Balaban J connectivity index is 2.30. The van der Waals surface area contributed by atoms with Crippen LogP contribution >= 0.6 is 11.6 Å². The van der Waals surface area contributed by atoms with Crippen LogP contribution in [0.4, 0.5) is 0 Å². The molecule has 1 aliphatic rings. The normalized spacial score (nSPS) is 20.2. The molecule has 6 nitrogen and oxygen atoms in total. The highest BCUT2D eigenvalue weighted by Crippen LogP contribution is 2.23. The molecule has 0 spiro atoms. The molecule has 18 heavy (non-hydrogen) atoms. The third kappa shape index (κ3) is 2.20. The Labute approximate surface area is 109 Å². The number of nitrogens with zero attached hydrogens (tertiary/aromatic N) is 2. The molecule has 0 fully saturated rings. The monoisotopic (exact) mass is 271 g/mol. The summed E-state index contributed by atoms with van der Waals surface area (Å²) in [4.78, 5) is 32.3. The van der Waals surface area contributed by atoms with Crippen molar-refractivity contribution in [3.8, 4) is 0 Å². The summed E-state index contributed by atoms with van der Waals surface area (Å²) in [5.74, 6) is -0.735. The van der Waals surface area contributed by atoms with Gasteiger partial charge in [-0.1, -0.05) is 0 Å². The van der Waals surface area contributed by atoms with E-state index in [4.69, 9.17) is 16.3 Å². The molecule has 2 unspecified atom stereocenters. The van der Waals surface area contributed by atoms with E-state index >= 15 is 0 Å². The number of amides is 1. The Morgan fingerprint density at radius 1 is 1.67 bits per heavy atom. The summed E-state index contributed by atoms with van der Waals surface area (Å²) in [5, 5.41) is -0.679. The number of hydrogen-bond donors (Lipinski definition) is 1. The number of ether oxygens (including phenoxy) is 1. The fourth-order valence-electron chi connectivity index (χ4n) is 2.04. The minimum Gasteiger partial charge on any atom is -0.467 e. The second-order valence-electron chi connectivity index (χ2n) is 4.15. The van der Waals surface area contributed by atoms with Gasteiger partial charge in [0.1, 0.15) is 11.4 Å². The van der Waals surface area contributed by atoms with E-state index in [0.717, 1.165) is 11.4 Å². The Hall–Kier alpha value is -1.56. The van der Waals surface area contributed by atoms with Crippen LogP contribution in [0, 0.1) is 0 Å². The van der Waals surface area contributed by atoms with Crippen molar-refractivity contribution < 1.29 is 14.3 Å². The van der Waals surface area contributed by atoms with E-state index in [1.165, 1.54) is 12.0 Å². The Morgan fingerprint density at radius 3 is 3.00 bits per heavy atom. The lowest BCUT2D eigenvalue weighted by atomic mass is 10.0. The van der Waals surface area contributed by atoms with E-state index < -0.39 is 17.4 Å². The fraction of sp³-hybridized carbons (Fsp3) is 0.545. The number of H-pyrrole nitrogens is 1. The van der Waals surface area contributed by atoms with Gasteiger partial charge in [-0.2, -0.15) is 0 Å². The molecule has 1 aromatic heterocycles. The molecule has 0 radical (unpaired) electrons. The van der Waals surface area contributed by atoms with E-state index in [1.807, 2.05) is 0 Å². The molecule has 1 amide bonds. The molecule has 0 aliphatic carbocycles. The number of aromatic amines is 1. The molecule has 0 aromatic carbocycles. The van der Waals surface area contributed by atoms with Gasteiger partial charge < -0.3 is 14.6 Å². The van der Waals surface area contributed by atoms with E-state index in [0.29, 0.717) is 13.0 Å². The van der Waals surface area contributed by atoms with Gasteiger partial charge in [-0.15, -0.1) is 11.6 Å². The number of esters is 1. The molecule has 0 saturated carbocycles. The molecule has 2 atom stereocenters. The van der Waals surface area contributed by atoms with Gasteiger partial charge in [0.2, 0.25) is 5.91 Å². The first-order valence-corrected chi connectivity index (χ1v) is 6.01. The van der Waals surface area contributed by atoms with Crippen LogP contribution in [-0.4, -0.2) is 45.3 Å². The SMILES string of the molecule is COC(=O)C1Cc2nc[nH]c2CN1C(=O)C(C)Cl. The van der Waals surface area contributed by atoms with Gasteiger partial charge in [0.25, 0.3) is 0 Å². The topological polar surface area (TPSA) is 75.3 Å². The van der Waals surface area contributed by atoms with Gasteiger partial charge in [-0.05, 0) is 6.92 Å². The van der Waals surface area contributed by atoms with E-state index in [-0.39, 0.29) is 5.91 Å². The highest BCUT2D eigenvalue weighted by atomic mass is 35.5. The number of carbonyl (C=O) groups is 2. The van der Waals surface area contributed by atoms with Gasteiger partial charge in [0, 0.05) is 6.42 Å². The number of rotatable bonds is 2. The Kier molecular flexibility index (Phi) is 3.56. The molecular weight excluding hydrogens is 258 g/mol. The van der Waals surface area contributed by atoms with Crippen molar-refractivity contribution in [3.05, 3.63) is 17.7 Å². The van der Waals surface area contributed by atoms with Crippen molar-refractivity contribution in [1.29, 1.82) is 0 Å². The fourth-order valence-corrected chi connectivity index (χ4v) is 2.17. The standard InChI is InChI=1S/C11H14ClN3O3/c1-6(12)10(16)15-4-8-7(13-5-14-8)3-9(15)11(17)18-2/h5-6,9H,3-4H2,1-2H3,(H,13,14). The number of hydrogen-bond acceptors (Lipinski definition) is 4. The number of halogens is 1. The number of aromatic nitrogens is 2. The molecule has 98 valence electrons. The summed E-state index contributed by atoms with van der Waals surface area (Å²) in [6, 6.07) is -0.653. The van der Waals surface area contributed by atoms with E-state index in [1.54, 1.807) is 13.3 Å². The summed E-state index contributed by atoms with van der Waals surface area (Å²) in [5.41, 5.74) is 1.62. The lowest BCUT2D eigenvalue weighted by molar-refractivity contribution is -0.153. The van der Waals surface area contributed by atoms with Gasteiger partial charge >= 0.3 is 5.97 Å². The smallest absolute Gasteiger partial charge is 0.329 e. The van der Waals surface area contributed by atoms with Crippen LogP contribution in [0.1, 0.15) is 18.3 Å². The predicted octanol–water partition coefficient (Wildman–Crippen LogP) is 0.463. The zero-order chi connectivity index (χ0) is 13.3. The summed E-state index contributed by atoms with van der Waals surface area (Å²) in [6.07, 6.45) is 1.90. The minimum atomic E-state index is -0.679. The van der Waals surface area contributed by atoms with Gasteiger partial charge in [0.05, 0.1) is 31.4 Å².